The van der Waals surface area contributed by atoms with Gasteiger partial charge in [-0.25, -0.2) is 0 Å². The Morgan fingerprint density at radius 3 is 2.80 bits per heavy atom. The van der Waals surface area contributed by atoms with Gasteiger partial charge in [0.25, 0.3) is 0 Å². The van der Waals surface area contributed by atoms with E-state index in [-0.39, 0.29) is 0 Å². The molecule has 1 aromatic carbocycles. The lowest BCUT2D eigenvalue weighted by Crippen LogP contribution is -2.28. The Morgan fingerprint density at radius 1 is 1.47 bits per heavy atom. The van der Waals surface area contributed by atoms with Gasteiger partial charge >= 0.3 is 6.92 Å². The van der Waals surface area contributed by atoms with Gasteiger partial charge in [-0.3, -0.25) is 0 Å². The van der Waals surface area contributed by atoms with E-state index in [1.165, 1.54) is 0 Å². The first-order chi connectivity index (χ1) is 7.15. The number of halogens is 1. The van der Waals surface area contributed by atoms with E-state index in [9.17, 15) is 5.02 Å². The molecule has 0 aliphatic heterocycles. The monoisotopic (exact) mass is 226 g/mol. The molecule has 0 radical (unpaired) electrons. The minimum absolute atomic E-state index is 0.555. The van der Waals surface area contributed by atoms with Crippen LogP contribution in [0.15, 0.2) is 18.2 Å². The molecule has 0 aliphatic carbocycles. The molecule has 0 bridgehead atoms. The Labute approximate surface area is 96.3 Å². The second-order valence-corrected chi connectivity index (χ2v) is 4.00. The van der Waals surface area contributed by atoms with Crippen molar-refractivity contribution in [2.45, 2.75) is 26.6 Å². The predicted molar refractivity (Wildman–Crippen MR) is 65.3 cm³/mol. The highest BCUT2D eigenvalue weighted by molar-refractivity contribution is 6.66. The maximum Gasteiger partial charge on any atom is 0.324 e. The van der Waals surface area contributed by atoms with Crippen LogP contribution in [0.2, 0.25) is 11.8 Å². The largest absolute Gasteiger partial charge is 0.494 e. The molecule has 0 aromatic heterocycles. The summed E-state index contributed by atoms with van der Waals surface area (Å²) in [6.45, 7) is 3.94. The van der Waals surface area contributed by atoms with Gasteiger partial charge in [-0.1, -0.05) is 31.8 Å². The zero-order chi connectivity index (χ0) is 11.3. The molecule has 0 atom stereocenters. The molecule has 2 nitrogen and oxygen atoms in total. The molecule has 0 saturated carbocycles. The number of rotatable bonds is 5. The number of ether oxygens (including phenoxy) is 1. The summed E-state index contributed by atoms with van der Waals surface area (Å²) < 4.78 is 5.58. The van der Waals surface area contributed by atoms with Gasteiger partial charge in [-0.05, 0) is 30.1 Å². The summed E-state index contributed by atoms with van der Waals surface area (Å²) in [6, 6.07) is 5.32. The number of benzene rings is 1. The minimum Gasteiger partial charge on any atom is -0.494 e. The van der Waals surface area contributed by atoms with Crippen LogP contribution in [0.3, 0.4) is 0 Å². The number of unbranched alkanes of at least 4 members (excludes halogenated alkanes) is 1. The van der Waals surface area contributed by atoms with Crippen molar-refractivity contribution in [1.29, 1.82) is 0 Å². The molecule has 1 rings (SSSR count). The van der Waals surface area contributed by atoms with E-state index < -0.39 is 6.92 Å². The van der Waals surface area contributed by atoms with Crippen molar-refractivity contribution in [1.82, 2.24) is 0 Å². The normalized spacial score (nSPS) is 10.1. The third kappa shape index (κ3) is 3.76. The van der Waals surface area contributed by atoms with Crippen LogP contribution in [0.5, 0.6) is 5.75 Å². The Morgan fingerprint density at radius 2 is 2.20 bits per heavy atom. The Kier molecular flexibility index (Phi) is 4.99. The average Bonchev–Trinajstić information content (AvgIpc) is 2.20. The fraction of sp³-hybridized carbons (Fsp3) is 0.455. The Hall–Kier alpha value is -0.665. The second kappa shape index (κ2) is 6.04. The molecule has 1 N–H and O–H groups in total. The molecule has 0 spiro atoms. The number of hydrogen-bond acceptors (Lipinski definition) is 2. The first kappa shape index (κ1) is 12.4. The van der Waals surface area contributed by atoms with Crippen LogP contribution in [0, 0.1) is 0 Å². The van der Waals surface area contributed by atoms with E-state index in [2.05, 4.69) is 6.92 Å². The molecule has 1 aromatic rings. The standard InChI is InChI=1S/C11H16BClO2/c1-3-4-7-15-11-6-5-9(13)8-10(11)12(2)14/h5-6,8,14H,3-4,7H2,1-2H3. The van der Waals surface area contributed by atoms with Crippen LogP contribution < -0.4 is 10.2 Å². The van der Waals surface area contributed by atoms with Gasteiger partial charge in [-0.15, -0.1) is 0 Å². The van der Waals surface area contributed by atoms with Crippen molar-refractivity contribution < 1.29 is 9.76 Å². The highest BCUT2D eigenvalue weighted by atomic mass is 35.5. The summed E-state index contributed by atoms with van der Waals surface area (Å²) in [5.74, 6) is 0.725. The molecule has 0 unspecified atom stereocenters. The molecule has 82 valence electrons. The number of hydrogen-bond donors (Lipinski definition) is 1. The van der Waals surface area contributed by atoms with Crippen molar-refractivity contribution in [2.24, 2.45) is 0 Å². The van der Waals surface area contributed by atoms with Crippen molar-refractivity contribution in [3.05, 3.63) is 23.2 Å². The van der Waals surface area contributed by atoms with E-state index in [1.54, 1.807) is 25.0 Å². The molecule has 4 heteroatoms. The topological polar surface area (TPSA) is 29.5 Å². The minimum atomic E-state index is -0.555. The van der Waals surface area contributed by atoms with Crippen LogP contribution in [-0.2, 0) is 0 Å². The first-order valence-corrected chi connectivity index (χ1v) is 5.63. The Balaban J connectivity index is 2.77. The quantitative estimate of drug-likeness (QED) is 0.617. The second-order valence-electron chi connectivity index (χ2n) is 3.56. The lowest BCUT2D eigenvalue weighted by atomic mass is 9.64. The van der Waals surface area contributed by atoms with E-state index in [4.69, 9.17) is 16.3 Å². The predicted octanol–water partition coefficient (Wildman–Crippen LogP) is 2.34. The summed E-state index contributed by atoms with van der Waals surface area (Å²) in [4.78, 5) is 0. The Bertz CT molecular complexity index is 315. The first-order valence-electron chi connectivity index (χ1n) is 5.25. The van der Waals surface area contributed by atoms with Gasteiger partial charge in [-0.2, -0.15) is 0 Å². The third-order valence-electron chi connectivity index (χ3n) is 2.18. The van der Waals surface area contributed by atoms with Crippen LogP contribution >= 0.6 is 11.6 Å². The average molecular weight is 227 g/mol. The van der Waals surface area contributed by atoms with Gasteiger partial charge in [0, 0.05) is 5.02 Å². The van der Waals surface area contributed by atoms with Crippen molar-refractivity contribution in [2.75, 3.05) is 6.61 Å². The zero-order valence-electron chi connectivity index (χ0n) is 9.16. The fourth-order valence-corrected chi connectivity index (χ4v) is 1.48. The van der Waals surface area contributed by atoms with E-state index >= 15 is 0 Å². The highest BCUT2D eigenvalue weighted by Crippen LogP contribution is 2.14. The molecule has 0 saturated heterocycles. The van der Waals surface area contributed by atoms with Gasteiger partial charge in [0.2, 0.25) is 0 Å². The molecule has 0 amide bonds. The summed E-state index contributed by atoms with van der Waals surface area (Å²) in [7, 11) is 0. The molecular weight excluding hydrogens is 210 g/mol. The summed E-state index contributed by atoms with van der Waals surface area (Å²) in [6.07, 6.45) is 2.11. The molecular formula is C11H16BClO2. The third-order valence-corrected chi connectivity index (χ3v) is 2.41. The summed E-state index contributed by atoms with van der Waals surface area (Å²) >= 11 is 5.86. The van der Waals surface area contributed by atoms with Crippen molar-refractivity contribution in [3.63, 3.8) is 0 Å². The molecule has 0 aliphatic rings. The van der Waals surface area contributed by atoms with Gasteiger partial charge < -0.3 is 9.76 Å². The van der Waals surface area contributed by atoms with Gasteiger partial charge in [0.1, 0.15) is 5.75 Å². The maximum absolute atomic E-state index is 9.55. The molecule has 15 heavy (non-hydrogen) atoms. The zero-order valence-corrected chi connectivity index (χ0v) is 9.92. The smallest absolute Gasteiger partial charge is 0.324 e. The van der Waals surface area contributed by atoms with E-state index in [0.717, 1.165) is 24.1 Å². The SMILES string of the molecule is CCCCOc1ccc(Cl)cc1B(C)O. The lowest BCUT2D eigenvalue weighted by Gasteiger charge is -2.11. The van der Waals surface area contributed by atoms with Crippen molar-refractivity contribution >= 4 is 24.0 Å². The molecule has 0 fully saturated rings. The highest BCUT2D eigenvalue weighted by Gasteiger charge is 2.13. The molecule has 0 heterocycles. The maximum atomic E-state index is 9.55. The lowest BCUT2D eigenvalue weighted by molar-refractivity contribution is 0.311. The van der Waals surface area contributed by atoms with E-state index in [0.29, 0.717) is 11.6 Å². The van der Waals surface area contributed by atoms with Gasteiger partial charge in [0.15, 0.2) is 0 Å². The van der Waals surface area contributed by atoms with Crippen LogP contribution in [0.4, 0.5) is 0 Å². The van der Waals surface area contributed by atoms with Crippen LogP contribution in [0.1, 0.15) is 19.8 Å². The van der Waals surface area contributed by atoms with Gasteiger partial charge in [0.05, 0.1) is 6.61 Å². The fourth-order valence-electron chi connectivity index (χ4n) is 1.30. The van der Waals surface area contributed by atoms with Crippen LogP contribution in [0.25, 0.3) is 0 Å². The summed E-state index contributed by atoms with van der Waals surface area (Å²) in [5.41, 5.74) is 0.749. The summed E-state index contributed by atoms with van der Waals surface area (Å²) in [5, 5.41) is 10.2. The van der Waals surface area contributed by atoms with Crippen LogP contribution in [-0.4, -0.2) is 18.5 Å². The van der Waals surface area contributed by atoms with E-state index in [1.807, 2.05) is 0 Å². The van der Waals surface area contributed by atoms with Crippen molar-refractivity contribution in [3.8, 4) is 5.75 Å².